The number of para-hydroxylation sites is 1. The van der Waals surface area contributed by atoms with E-state index in [1.807, 2.05) is 42.2 Å². The number of benzene rings is 2. The number of nitrogens with one attached hydrogen (secondary N) is 1. The topological polar surface area (TPSA) is 75.2 Å². The summed E-state index contributed by atoms with van der Waals surface area (Å²) in [6.07, 6.45) is 0. The quantitative estimate of drug-likeness (QED) is 0.696. The van der Waals surface area contributed by atoms with E-state index in [0.29, 0.717) is 12.4 Å². The molecular weight excluding hydrogens is 367 g/mol. The molecular formula is C19H19FN4O2S. The highest BCUT2D eigenvalue weighted by Crippen LogP contribution is 2.23. The minimum atomic E-state index is -3.88. The van der Waals surface area contributed by atoms with Gasteiger partial charge >= 0.3 is 0 Å². The molecule has 1 aromatic heterocycles. The number of sulfonamides is 1. The Hall–Kier alpha value is -3.00. The van der Waals surface area contributed by atoms with Crippen LogP contribution in [0.3, 0.4) is 0 Å². The van der Waals surface area contributed by atoms with Crippen molar-refractivity contribution in [1.82, 2.24) is 10.2 Å². The molecule has 27 heavy (non-hydrogen) atoms. The maximum absolute atomic E-state index is 13.4. The molecule has 2 aromatic carbocycles. The lowest BCUT2D eigenvalue weighted by molar-refractivity contribution is 0.598. The summed E-state index contributed by atoms with van der Waals surface area (Å²) in [5, 5.41) is 8.09. The van der Waals surface area contributed by atoms with Crippen LogP contribution >= 0.6 is 0 Å². The van der Waals surface area contributed by atoms with Crippen LogP contribution in [0.4, 0.5) is 21.7 Å². The molecule has 0 unspecified atom stereocenters. The molecule has 0 atom stereocenters. The molecule has 0 aliphatic rings. The van der Waals surface area contributed by atoms with Crippen molar-refractivity contribution in [2.45, 2.75) is 18.7 Å². The van der Waals surface area contributed by atoms with E-state index in [1.54, 1.807) is 12.1 Å². The van der Waals surface area contributed by atoms with E-state index in [1.165, 1.54) is 19.1 Å². The fraction of sp³-hybridized carbons (Fsp3) is 0.158. The second-order valence-electron chi connectivity index (χ2n) is 5.87. The number of hydrogen-bond donors (Lipinski definition) is 1. The van der Waals surface area contributed by atoms with E-state index in [-0.39, 0.29) is 16.3 Å². The van der Waals surface area contributed by atoms with Gasteiger partial charge in [0.1, 0.15) is 5.82 Å². The highest BCUT2D eigenvalue weighted by Gasteiger charge is 2.17. The summed E-state index contributed by atoms with van der Waals surface area (Å²) in [4.78, 5) is 1.92. The number of aryl methyl sites for hydroxylation is 1. The Labute approximate surface area is 157 Å². The Morgan fingerprint density at radius 1 is 1.04 bits per heavy atom. The van der Waals surface area contributed by atoms with E-state index in [9.17, 15) is 12.8 Å². The molecule has 140 valence electrons. The Kier molecular flexibility index (Phi) is 5.36. The van der Waals surface area contributed by atoms with Crippen LogP contribution in [-0.2, 0) is 10.0 Å². The predicted molar refractivity (Wildman–Crippen MR) is 103 cm³/mol. The van der Waals surface area contributed by atoms with Crippen molar-refractivity contribution in [2.75, 3.05) is 16.2 Å². The van der Waals surface area contributed by atoms with Crippen LogP contribution in [0.25, 0.3) is 0 Å². The van der Waals surface area contributed by atoms with Crippen LogP contribution in [0.2, 0.25) is 0 Å². The van der Waals surface area contributed by atoms with Crippen molar-refractivity contribution in [3.8, 4) is 0 Å². The lowest BCUT2D eigenvalue weighted by atomic mass is 10.2. The molecule has 6 nitrogen and oxygen atoms in total. The average Bonchev–Trinajstić information content (AvgIpc) is 2.66. The second-order valence-corrected chi connectivity index (χ2v) is 7.56. The normalized spacial score (nSPS) is 11.2. The molecule has 8 heteroatoms. The third-order valence-corrected chi connectivity index (χ3v) is 5.34. The highest BCUT2D eigenvalue weighted by atomic mass is 32.2. The van der Waals surface area contributed by atoms with Crippen LogP contribution in [-0.4, -0.2) is 25.2 Å². The number of hydrogen-bond acceptors (Lipinski definition) is 5. The molecule has 0 amide bonds. The molecule has 0 radical (unpaired) electrons. The third-order valence-electron chi connectivity index (χ3n) is 3.99. The van der Waals surface area contributed by atoms with Gasteiger partial charge in [-0.1, -0.05) is 18.2 Å². The van der Waals surface area contributed by atoms with E-state index < -0.39 is 15.8 Å². The minimum Gasteiger partial charge on any atom is -0.325 e. The average molecular weight is 386 g/mol. The molecule has 0 aliphatic carbocycles. The number of rotatable bonds is 6. The van der Waals surface area contributed by atoms with Crippen molar-refractivity contribution in [2.24, 2.45) is 0 Å². The van der Waals surface area contributed by atoms with Crippen molar-refractivity contribution in [3.63, 3.8) is 0 Å². The van der Waals surface area contributed by atoms with Crippen LogP contribution < -0.4 is 9.62 Å². The van der Waals surface area contributed by atoms with Crippen molar-refractivity contribution in [1.29, 1.82) is 0 Å². The SMILES string of the molecule is CCN(c1ccccc1)c1ccc(NS(=O)(=O)c2ccc(F)c(C)c2)nn1. The zero-order chi connectivity index (χ0) is 19.4. The Bertz CT molecular complexity index is 1030. The first-order valence-corrected chi connectivity index (χ1v) is 9.84. The molecule has 1 heterocycles. The van der Waals surface area contributed by atoms with E-state index >= 15 is 0 Å². The second kappa shape index (κ2) is 7.71. The van der Waals surface area contributed by atoms with Gasteiger partial charge in [0.15, 0.2) is 11.6 Å². The molecule has 0 saturated heterocycles. The maximum atomic E-state index is 13.4. The zero-order valence-electron chi connectivity index (χ0n) is 14.9. The number of nitrogens with zero attached hydrogens (tertiary/aromatic N) is 3. The van der Waals surface area contributed by atoms with Gasteiger partial charge in [0.25, 0.3) is 10.0 Å². The van der Waals surface area contributed by atoms with Gasteiger partial charge < -0.3 is 4.90 Å². The summed E-state index contributed by atoms with van der Waals surface area (Å²) in [6.45, 7) is 4.17. The van der Waals surface area contributed by atoms with Crippen molar-refractivity contribution in [3.05, 3.63) is 72.0 Å². The van der Waals surface area contributed by atoms with Gasteiger partial charge in [-0.25, -0.2) is 12.8 Å². The lowest BCUT2D eigenvalue weighted by Crippen LogP contribution is -2.19. The monoisotopic (exact) mass is 386 g/mol. The summed E-state index contributed by atoms with van der Waals surface area (Å²) in [7, 11) is -3.88. The van der Waals surface area contributed by atoms with Crippen LogP contribution in [0.15, 0.2) is 65.6 Å². The molecule has 0 spiro atoms. The summed E-state index contributed by atoms with van der Waals surface area (Å²) >= 11 is 0. The molecule has 0 bridgehead atoms. The summed E-state index contributed by atoms with van der Waals surface area (Å²) in [6, 6.07) is 16.5. The highest BCUT2D eigenvalue weighted by molar-refractivity contribution is 7.92. The standard InChI is InChI=1S/C19H19FN4O2S/c1-3-24(15-7-5-4-6-8-15)19-12-11-18(21-22-19)23-27(25,26)16-9-10-17(20)14(2)13-16/h4-13H,3H2,1-2H3,(H,21,23). The Morgan fingerprint density at radius 2 is 1.78 bits per heavy atom. The Morgan fingerprint density at radius 3 is 2.37 bits per heavy atom. The van der Waals surface area contributed by atoms with E-state index in [0.717, 1.165) is 11.8 Å². The van der Waals surface area contributed by atoms with Gasteiger partial charge in [-0.15, -0.1) is 10.2 Å². The van der Waals surface area contributed by atoms with Crippen LogP contribution in [0, 0.1) is 12.7 Å². The zero-order valence-corrected chi connectivity index (χ0v) is 15.7. The molecule has 0 fully saturated rings. The smallest absolute Gasteiger partial charge is 0.263 e. The first-order chi connectivity index (χ1) is 12.9. The van der Waals surface area contributed by atoms with E-state index in [4.69, 9.17) is 0 Å². The molecule has 0 aliphatic heterocycles. The molecule has 0 saturated carbocycles. The Balaban J connectivity index is 1.82. The van der Waals surface area contributed by atoms with Gasteiger partial charge in [0.2, 0.25) is 0 Å². The van der Waals surface area contributed by atoms with Crippen molar-refractivity contribution >= 4 is 27.3 Å². The molecule has 3 aromatic rings. The summed E-state index contributed by atoms with van der Waals surface area (Å²) in [5.74, 6) is 0.229. The maximum Gasteiger partial charge on any atom is 0.263 e. The first kappa shape index (κ1) is 18.8. The van der Waals surface area contributed by atoms with Gasteiger partial charge in [0, 0.05) is 12.2 Å². The van der Waals surface area contributed by atoms with Crippen LogP contribution in [0.5, 0.6) is 0 Å². The summed E-state index contributed by atoms with van der Waals surface area (Å²) < 4.78 is 40.6. The largest absolute Gasteiger partial charge is 0.325 e. The molecule has 1 N–H and O–H groups in total. The number of halogens is 1. The lowest BCUT2D eigenvalue weighted by Gasteiger charge is -2.21. The van der Waals surface area contributed by atoms with Gasteiger partial charge in [-0.2, -0.15) is 0 Å². The third kappa shape index (κ3) is 4.22. The minimum absolute atomic E-state index is 0.0354. The predicted octanol–water partition coefficient (Wildman–Crippen LogP) is 3.88. The number of anilines is 3. The van der Waals surface area contributed by atoms with Gasteiger partial charge in [0.05, 0.1) is 4.90 Å². The fourth-order valence-corrected chi connectivity index (χ4v) is 3.67. The van der Waals surface area contributed by atoms with Crippen molar-refractivity contribution < 1.29 is 12.8 Å². The van der Waals surface area contributed by atoms with Crippen LogP contribution in [0.1, 0.15) is 12.5 Å². The van der Waals surface area contributed by atoms with Gasteiger partial charge in [-0.3, -0.25) is 4.72 Å². The fourth-order valence-electron chi connectivity index (χ4n) is 2.59. The van der Waals surface area contributed by atoms with Gasteiger partial charge in [-0.05, 0) is 61.9 Å². The first-order valence-electron chi connectivity index (χ1n) is 8.36. The molecule has 3 rings (SSSR count). The van der Waals surface area contributed by atoms with E-state index in [2.05, 4.69) is 14.9 Å². The summed E-state index contributed by atoms with van der Waals surface area (Å²) in [5.41, 5.74) is 1.21. The number of aromatic nitrogens is 2.